The molecular weight excluding hydrogens is 416 g/mol. The normalized spacial score (nSPS) is 9.96. The molecule has 0 spiro atoms. The fourth-order valence-corrected chi connectivity index (χ4v) is 2.77. The Morgan fingerprint density at radius 1 is 1.27 bits per heavy atom. The van der Waals surface area contributed by atoms with E-state index in [2.05, 4.69) is 33.1 Å². The van der Waals surface area contributed by atoms with Crippen LogP contribution in [0, 0.1) is 0 Å². The predicted molar refractivity (Wildman–Crippen MR) is 111 cm³/mol. The van der Waals surface area contributed by atoms with Gasteiger partial charge in [-0.1, -0.05) is 12.6 Å². The highest BCUT2D eigenvalue weighted by atomic mass is 79.9. The number of halogens is 1. The van der Waals surface area contributed by atoms with Gasteiger partial charge in [0.15, 0.2) is 5.11 Å². The van der Waals surface area contributed by atoms with Crippen LogP contribution in [0.3, 0.4) is 0 Å². The van der Waals surface area contributed by atoms with Gasteiger partial charge in [0.2, 0.25) is 0 Å². The monoisotopic (exact) mass is 434 g/mol. The summed E-state index contributed by atoms with van der Waals surface area (Å²) in [5, 5.41) is 5.81. The average Bonchev–Trinajstić information content (AvgIpc) is 2.60. The molecule has 0 saturated heterocycles. The minimum Gasteiger partial charge on any atom is -0.496 e. The zero-order chi connectivity index (χ0) is 19.1. The minimum absolute atomic E-state index is 0.194. The van der Waals surface area contributed by atoms with Crippen LogP contribution in [0.5, 0.6) is 11.5 Å². The molecule has 2 aromatic carbocycles. The molecule has 0 aliphatic rings. The molecule has 0 bridgehead atoms. The van der Waals surface area contributed by atoms with E-state index in [9.17, 15) is 4.79 Å². The van der Waals surface area contributed by atoms with Crippen LogP contribution in [-0.4, -0.2) is 24.7 Å². The summed E-state index contributed by atoms with van der Waals surface area (Å²) in [5.41, 5.74) is 2.10. The van der Waals surface area contributed by atoms with Gasteiger partial charge in [-0.05, 0) is 71.0 Å². The van der Waals surface area contributed by atoms with Crippen LogP contribution in [0.15, 0.2) is 59.1 Å². The first-order chi connectivity index (χ1) is 12.4. The third-order valence-electron chi connectivity index (χ3n) is 3.22. The lowest BCUT2D eigenvalue weighted by Crippen LogP contribution is -2.34. The summed E-state index contributed by atoms with van der Waals surface area (Å²) in [4.78, 5) is 12.3. The van der Waals surface area contributed by atoms with E-state index in [4.69, 9.17) is 21.7 Å². The van der Waals surface area contributed by atoms with Gasteiger partial charge < -0.3 is 14.8 Å². The summed E-state index contributed by atoms with van der Waals surface area (Å²) >= 11 is 8.56. The highest BCUT2D eigenvalue weighted by Gasteiger charge is 2.11. The van der Waals surface area contributed by atoms with Crippen molar-refractivity contribution in [1.82, 2.24) is 5.32 Å². The summed E-state index contributed by atoms with van der Waals surface area (Å²) in [7, 11) is 1.56. The number of thiocarbonyl (C=S) groups is 1. The maximum Gasteiger partial charge on any atom is 0.257 e. The fraction of sp³-hybridized carbons (Fsp3) is 0.158. The van der Waals surface area contributed by atoms with E-state index in [1.165, 1.54) is 0 Å². The zero-order valence-corrected chi connectivity index (χ0v) is 16.9. The number of amides is 1. The Bertz CT molecular complexity index is 839. The first kappa shape index (κ1) is 19.9. The molecule has 0 unspecified atom stereocenters. The van der Waals surface area contributed by atoms with Crippen molar-refractivity contribution < 1.29 is 14.3 Å². The molecule has 0 heterocycles. The van der Waals surface area contributed by atoms with E-state index in [1.54, 1.807) is 31.4 Å². The molecule has 1 amide bonds. The van der Waals surface area contributed by atoms with Crippen molar-refractivity contribution in [1.29, 1.82) is 0 Å². The van der Waals surface area contributed by atoms with Gasteiger partial charge in [-0.3, -0.25) is 10.1 Å². The van der Waals surface area contributed by atoms with E-state index in [0.29, 0.717) is 33.8 Å². The van der Waals surface area contributed by atoms with Gasteiger partial charge >= 0.3 is 0 Å². The number of rotatable bonds is 6. The smallest absolute Gasteiger partial charge is 0.257 e. The van der Waals surface area contributed by atoms with Gasteiger partial charge in [0, 0.05) is 17.3 Å². The number of nitrogens with one attached hydrogen (secondary N) is 2. The maximum absolute atomic E-state index is 12.3. The van der Waals surface area contributed by atoms with Crippen molar-refractivity contribution in [2.75, 3.05) is 19.0 Å². The first-order valence-corrected chi connectivity index (χ1v) is 8.92. The van der Waals surface area contributed by atoms with Crippen molar-refractivity contribution in [2.45, 2.75) is 6.92 Å². The minimum atomic E-state index is -0.319. The van der Waals surface area contributed by atoms with Crippen molar-refractivity contribution in [3.63, 3.8) is 0 Å². The van der Waals surface area contributed by atoms with Gasteiger partial charge in [-0.15, -0.1) is 0 Å². The lowest BCUT2D eigenvalue weighted by Gasteiger charge is -2.12. The Balaban J connectivity index is 1.97. The Labute approximate surface area is 166 Å². The number of carbonyl (C=O) groups excluding carboxylic acids is 1. The summed E-state index contributed by atoms with van der Waals surface area (Å²) in [6.07, 6.45) is 0. The van der Waals surface area contributed by atoms with Crippen molar-refractivity contribution >= 4 is 44.9 Å². The molecule has 26 heavy (non-hydrogen) atoms. The van der Waals surface area contributed by atoms with E-state index < -0.39 is 0 Å². The van der Waals surface area contributed by atoms with Crippen LogP contribution in [0.25, 0.3) is 0 Å². The summed E-state index contributed by atoms with van der Waals surface area (Å²) in [6, 6.07) is 12.3. The number of hydrogen-bond donors (Lipinski definition) is 2. The number of ether oxygens (including phenoxy) is 2. The number of carbonyl (C=O) groups is 1. The molecule has 0 aliphatic heterocycles. The van der Waals surface area contributed by atoms with Crippen LogP contribution in [0.1, 0.15) is 17.3 Å². The second kappa shape index (κ2) is 9.35. The third-order valence-corrected chi connectivity index (χ3v) is 4.04. The Morgan fingerprint density at radius 3 is 2.69 bits per heavy atom. The highest BCUT2D eigenvalue weighted by Crippen LogP contribution is 2.25. The van der Waals surface area contributed by atoms with Gasteiger partial charge in [-0.25, -0.2) is 0 Å². The summed E-state index contributed by atoms with van der Waals surface area (Å²) in [6.45, 7) is 6.13. The predicted octanol–water partition coefficient (Wildman–Crippen LogP) is 4.54. The van der Waals surface area contributed by atoms with E-state index in [1.807, 2.05) is 25.1 Å². The average molecular weight is 435 g/mol. The Hall–Kier alpha value is -2.38. The lowest BCUT2D eigenvalue weighted by molar-refractivity contribution is 0.0977. The highest BCUT2D eigenvalue weighted by molar-refractivity contribution is 9.10. The second-order valence-electron chi connectivity index (χ2n) is 5.53. The molecule has 5 nitrogen and oxygen atoms in total. The number of hydrogen-bond acceptors (Lipinski definition) is 4. The largest absolute Gasteiger partial charge is 0.496 e. The third kappa shape index (κ3) is 5.86. The lowest BCUT2D eigenvalue weighted by atomic mass is 10.2. The summed E-state index contributed by atoms with van der Waals surface area (Å²) in [5.74, 6) is 1.01. The molecule has 2 N–H and O–H groups in total. The zero-order valence-electron chi connectivity index (χ0n) is 14.5. The van der Waals surface area contributed by atoms with Gasteiger partial charge in [0.05, 0.1) is 11.6 Å². The SMILES string of the molecule is C=C(C)COc1cccc(NC(=S)NC(=O)c2ccc(OC)c(Br)c2)c1. The van der Waals surface area contributed by atoms with Gasteiger partial charge in [0.25, 0.3) is 5.91 Å². The van der Waals surface area contributed by atoms with Crippen molar-refractivity contribution in [3.05, 3.63) is 64.7 Å². The number of methoxy groups -OCH3 is 1. The summed E-state index contributed by atoms with van der Waals surface area (Å²) < 4.78 is 11.4. The molecule has 0 atom stereocenters. The van der Waals surface area contributed by atoms with Crippen molar-refractivity contribution in [3.8, 4) is 11.5 Å². The Morgan fingerprint density at radius 2 is 2.04 bits per heavy atom. The Kier molecular flexibility index (Phi) is 7.17. The van der Waals surface area contributed by atoms with Gasteiger partial charge in [-0.2, -0.15) is 0 Å². The van der Waals surface area contributed by atoms with Crippen LogP contribution < -0.4 is 20.1 Å². The van der Waals surface area contributed by atoms with Crippen LogP contribution in [0.4, 0.5) is 5.69 Å². The van der Waals surface area contributed by atoms with Crippen LogP contribution in [0.2, 0.25) is 0 Å². The number of anilines is 1. The topological polar surface area (TPSA) is 59.6 Å². The standard InChI is InChI=1S/C19H19BrN2O3S/c1-12(2)11-25-15-6-4-5-14(10-15)21-19(26)22-18(23)13-7-8-17(24-3)16(20)9-13/h4-10H,1,11H2,2-3H3,(H2,21,22,23,26). The number of benzene rings is 2. The molecule has 0 saturated carbocycles. The van der Waals surface area contributed by atoms with Crippen molar-refractivity contribution in [2.24, 2.45) is 0 Å². The molecule has 0 fully saturated rings. The molecule has 0 radical (unpaired) electrons. The molecule has 0 aromatic heterocycles. The first-order valence-electron chi connectivity index (χ1n) is 7.72. The van der Waals surface area contributed by atoms with Crippen LogP contribution >= 0.6 is 28.1 Å². The molecule has 2 rings (SSSR count). The molecule has 136 valence electrons. The van der Waals surface area contributed by atoms with E-state index in [-0.39, 0.29) is 11.0 Å². The van der Waals surface area contributed by atoms with Gasteiger partial charge in [0.1, 0.15) is 18.1 Å². The van der Waals surface area contributed by atoms with E-state index in [0.717, 1.165) is 5.57 Å². The van der Waals surface area contributed by atoms with E-state index >= 15 is 0 Å². The second-order valence-corrected chi connectivity index (χ2v) is 6.79. The fourth-order valence-electron chi connectivity index (χ4n) is 2.02. The molecule has 0 aliphatic carbocycles. The molecular formula is C19H19BrN2O3S. The van der Waals surface area contributed by atoms with Crippen LogP contribution in [-0.2, 0) is 0 Å². The maximum atomic E-state index is 12.3. The molecule has 7 heteroatoms. The molecule has 2 aromatic rings. The quantitative estimate of drug-likeness (QED) is 0.516.